The van der Waals surface area contributed by atoms with Crippen LogP contribution in [0.4, 0.5) is 0 Å². The van der Waals surface area contributed by atoms with Gasteiger partial charge in [-0.05, 0) is 51.2 Å². The fourth-order valence-corrected chi connectivity index (χ4v) is 4.86. The minimum Gasteiger partial charge on any atom is -0.461 e. The summed E-state index contributed by atoms with van der Waals surface area (Å²) in [6, 6.07) is 5.09. The molecule has 0 aliphatic carbocycles. The van der Waals surface area contributed by atoms with Crippen molar-refractivity contribution in [1.29, 1.82) is 5.41 Å². The van der Waals surface area contributed by atoms with Gasteiger partial charge in [-0.2, -0.15) is 0 Å². The molecule has 1 aromatic carbocycles. The highest BCUT2D eigenvalue weighted by atomic mass is 32.1. The number of ether oxygens (including phenoxy) is 1. The standard InChI is InChI=1S/C33H48N6O6S/c1-20(2)45-31(43)27(15-14-23(41)18-34)37-29(42)26(13-9-10-16-35-21(3)40)38-30(46)28(39-32(44)33(4,5)6)17-22-19-36-25-12-8-7-11-24(22)25/h7-8,11-12,18-20,26-28,34,36H,9-10,13-17H2,1-6H3,(H,35,40)(H,37,42)(H,38,46)(H,39,44)/t26-,27-,28-/m0/s1. The van der Waals surface area contributed by atoms with E-state index in [1.165, 1.54) is 6.92 Å². The summed E-state index contributed by atoms with van der Waals surface area (Å²) in [4.78, 5) is 66.3. The van der Waals surface area contributed by atoms with Crippen LogP contribution >= 0.6 is 12.2 Å². The molecule has 0 unspecified atom stereocenters. The van der Waals surface area contributed by atoms with E-state index >= 15 is 0 Å². The van der Waals surface area contributed by atoms with Crippen LogP contribution in [0.3, 0.4) is 0 Å². The fourth-order valence-electron chi connectivity index (χ4n) is 4.58. The first kappa shape index (κ1) is 38.1. The van der Waals surface area contributed by atoms with Crippen LogP contribution in [0.25, 0.3) is 10.9 Å². The third-order valence-corrected chi connectivity index (χ3v) is 7.52. The molecule has 3 atom stereocenters. The van der Waals surface area contributed by atoms with Crippen molar-refractivity contribution in [2.24, 2.45) is 5.41 Å². The van der Waals surface area contributed by atoms with E-state index in [0.717, 1.165) is 16.5 Å². The molecule has 13 heteroatoms. The van der Waals surface area contributed by atoms with Crippen LogP contribution < -0.4 is 21.3 Å². The highest BCUT2D eigenvalue weighted by Crippen LogP contribution is 2.21. The number of fused-ring (bicyclic) bond motifs is 1. The van der Waals surface area contributed by atoms with E-state index in [2.05, 4.69) is 26.3 Å². The van der Waals surface area contributed by atoms with E-state index in [4.69, 9.17) is 22.4 Å². The Balaban J connectivity index is 2.34. The molecule has 46 heavy (non-hydrogen) atoms. The summed E-state index contributed by atoms with van der Waals surface area (Å²) in [5.41, 5.74) is 1.17. The average molecular weight is 657 g/mol. The first-order valence-electron chi connectivity index (χ1n) is 15.6. The maximum absolute atomic E-state index is 13.7. The first-order valence-corrected chi connectivity index (χ1v) is 16.0. The summed E-state index contributed by atoms with van der Waals surface area (Å²) in [5, 5.41) is 19.8. The highest BCUT2D eigenvalue weighted by molar-refractivity contribution is 7.80. The molecule has 0 spiro atoms. The number of nitrogens with one attached hydrogen (secondary N) is 6. The van der Waals surface area contributed by atoms with Gasteiger partial charge in [0.05, 0.1) is 23.3 Å². The molecule has 1 heterocycles. The van der Waals surface area contributed by atoms with Gasteiger partial charge in [-0.3, -0.25) is 19.2 Å². The molecule has 0 radical (unpaired) electrons. The number of aromatic amines is 1. The third kappa shape index (κ3) is 12.7. The number of unbranched alkanes of at least 4 members (excludes halogenated alkanes) is 1. The number of hydrogen-bond donors (Lipinski definition) is 6. The van der Waals surface area contributed by atoms with E-state index < -0.39 is 47.3 Å². The fraction of sp³-hybridized carbons (Fsp3) is 0.545. The van der Waals surface area contributed by atoms with E-state index in [1.807, 2.05) is 30.5 Å². The van der Waals surface area contributed by atoms with E-state index in [0.29, 0.717) is 38.4 Å². The van der Waals surface area contributed by atoms with Crippen LogP contribution in [0.15, 0.2) is 30.5 Å². The number of Topliss-reactive ketones (excluding diaryl/α,β-unsaturated/α-hetero) is 1. The van der Waals surface area contributed by atoms with Gasteiger partial charge in [0.2, 0.25) is 17.7 Å². The van der Waals surface area contributed by atoms with Crippen LogP contribution in [0.5, 0.6) is 0 Å². The van der Waals surface area contributed by atoms with Crippen molar-refractivity contribution in [3.05, 3.63) is 36.0 Å². The molecule has 0 aliphatic heterocycles. The minimum absolute atomic E-state index is 0.0456. The molecule has 0 bridgehead atoms. The molecule has 0 saturated heterocycles. The maximum Gasteiger partial charge on any atom is 0.328 e. The maximum atomic E-state index is 13.7. The minimum atomic E-state index is -1.13. The smallest absolute Gasteiger partial charge is 0.328 e. The van der Waals surface area contributed by atoms with Crippen molar-refractivity contribution in [3.63, 3.8) is 0 Å². The number of carbonyl (C=O) groups excluding carboxylic acids is 5. The Morgan fingerprint density at radius 3 is 2.30 bits per heavy atom. The molecule has 12 nitrogen and oxygen atoms in total. The van der Waals surface area contributed by atoms with Crippen LogP contribution in [0, 0.1) is 10.8 Å². The van der Waals surface area contributed by atoms with Crippen LogP contribution in [-0.2, 0) is 35.1 Å². The van der Waals surface area contributed by atoms with Gasteiger partial charge in [0, 0.05) is 48.8 Å². The Morgan fingerprint density at radius 2 is 1.67 bits per heavy atom. The lowest BCUT2D eigenvalue weighted by Gasteiger charge is -2.29. The Kier molecular flexibility index (Phi) is 15.0. The number of amides is 3. The number of esters is 1. The number of rotatable bonds is 18. The van der Waals surface area contributed by atoms with Crippen LogP contribution in [-0.4, -0.2) is 76.4 Å². The monoisotopic (exact) mass is 656 g/mol. The number of benzene rings is 1. The lowest BCUT2D eigenvalue weighted by Crippen LogP contribution is -2.56. The topological polar surface area (TPSA) is 182 Å². The van der Waals surface area contributed by atoms with Gasteiger partial charge >= 0.3 is 5.97 Å². The van der Waals surface area contributed by atoms with Crippen molar-refractivity contribution >= 4 is 63.8 Å². The Labute approximate surface area is 276 Å². The summed E-state index contributed by atoms with van der Waals surface area (Å²) >= 11 is 5.83. The van der Waals surface area contributed by atoms with Crippen molar-refractivity contribution in [2.45, 2.75) is 104 Å². The third-order valence-electron chi connectivity index (χ3n) is 7.12. The second-order valence-electron chi connectivity index (χ2n) is 12.6. The van der Waals surface area contributed by atoms with Crippen LogP contribution in [0.1, 0.15) is 79.2 Å². The van der Waals surface area contributed by atoms with Gasteiger partial charge in [-0.1, -0.05) is 51.2 Å². The number of hydrogen-bond acceptors (Lipinski definition) is 8. The lowest BCUT2D eigenvalue weighted by molar-refractivity contribution is -0.151. The van der Waals surface area contributed by atoms with Gasteiger partial charge in [0.15, 0.2) is 5.78 Å². The van der Waals surface area contributed by atoms with E-state index in [9.17, 15) is 24.0 Å². The van der Waals surface area contributed by atoms with Gasteiger partial charge in [0.1, 0.15) is 12.1 Å². The normalized spacial score (nSPS) is 13.3. The molecule has 0 saturated carbocycles. The number of H-pyrrole nitrogens is 1. The molecule has 0 fully saturated rings. The summed E-state index contributed by atoms with van der Waals surface area (Å²) < 4.78 is 5.32. The second-order valence-corrected chi connectivity index (χ2v) is 13.0. The molecule has 2 rings (SSSR count). The Morgan fingerprint density at radius 1 is 0.978 bits per heavy atom. The summed E-state index contributed by atoms with van der Waals surface area (Å²) in [6.07, 6.45) is 3.69. The summed E-state index contributed by atoms with van der Waals surface area (Å²) in [5.74, 6) is -2.09. The van der Waals surface area contributed by atoms with Gasteiger partial charge in [0.25, 0.3) is 0 Å². The SMILES string of the molecule is CC(=O)NCCCC[C@H](NC(=S)[C@H](Cc1c[nH]c2ccccc12)NC(=O)C(C)(C)C)C(=O)N[C@@H](CCC(=O)C=N)C(=O)OC(C)C. The zero-order valence-corrected chi connectivity index (χ0v) is 28.4. The summed E-state index contributed by atoms with van der Waals surface area (Å²) in [6.45, 7) is 10.6. The number of aromatic nitrogens is 1. The van der Waals surface area contributed by atoms with Crippen molar-refractivity contribution in [3.8, 4) is 0 Å². The predicted octanol–water partition coefficient (Wildman–Crippen LogP) is 3.27. The van der Waals surface area contributed by atoms with Crippen molar-refractivity contribution < 1.29 is 28.7 Å². The van der Waals surface area contributed by atoms with E-state index in [1.54, 1.807) is 34.6 Å². The van der Waals surface area contributed by atoms with E-state index in [-0.39, 0.29) is 29.6 Å². The molecular weight excluding hydrogens is 608 g/mol. The zero-order chi connectivity index (χ0) is 34.4. The molecule has 3 amide bonds. The zero-order valence-electron chi connectivity index (χ0n) is 27.6. The number of para-hydroxylation sites is 1. The largest absolute Gasteiger partial charge is 0.461 e. The Hall–Kier alpha value is -4.13. The summed E-state index contributed by atoms with van der Waals surface area (Å²) in [7, 11) is 0. The Bertz CT molecular complexity index is 1400. The van der Waals surface area contributed by atoms with Crippen LogP contribution in [0.2, 0.25) is 0 Å². The predicted molar refractivity (Wildman–Crippen MR) is 182 cm³/mol. The quantitative estimate of drug-likeness (QED) is 0.0612. The van der Waals surface area contributed by atoms with Crippen molar-refractivity contribution in [2.75, 3.05) is 6.54 Å². The molecule has 6 N–H and O–H groups in total. The molecule has 252 valence electrons. The van der Waals surface area contributed by atoms with Gasteiger partial charge in [-0.25, -0.2) is 4.79 Å². The molecule has 0 aliphatic rings. The molecular formula is C33H48N6O6S. The molecule has 1 aromatic heterocycles. The lowest BCUT2D eigenvalue weighted by atomic mass is 9.94. The number of thiocarbonyl (C=S) groups is 1. The highest BCUT2D eigenvalue weighted by Gasteiger charge is 2.31. The molecule has 2 aromatic rings. The first-order chi connectivity index (χ1) is 21.6. The number of ketones is 1. The number of carbonyl (C=O) groups is 5. The average Bonchev–Trinajstić information content (AvgIpc) is 3.39. The van der Waals surface area contributed by atoms with Gasteiger partial charge in [-0.15, -0.1) is 0 Å². The van der Waals surface area contributed by atoms with Gasteiger partial charge < -0.3 is 36.4 Å². The van der Waals surface area contributed by atoms with Crippen molar-refractivity contribution in [1.82, 2.24) is 26.3 Å². The second kappa shape index (κ2) is 18.1.